The summed E-state index contributed by atoms with van der Waals surface area (Å²) >= 11 is 0. The monoisotopic (exact) mass is 1010 g/mol. The molecule has 0 saturated carbocycles. The topological polar surface area (TPSA) is 294 Å². The first kappa shape index (κ1) is 53.2. The Labute approximate surface area is 418 Å². The Hall–Kier alpha value is -7.63. The molecule has 0 bridgehead atoms. The average Bonchev–Trinajstić information content (AvgIpc) is 3.89. The molecule has 0 saturated heterocycles. The minimum atomic E-state index is -1.96. The van der Waals surface area contributed by atoms with Crippen LogP contribution in [-0.4, -0.2) is 152 Å². The third-order valence-corrected chi connectivity index (χ3v) is 12.9. The van der Waals surface area contributed by atoms with Crippen LogP contribution in [0.3, 0.4) is 0 Å². The number of ether oxygens (including phenoxy) is 7. The number of aliphatic hydroxyl groups is 1. The van der Waals surface area contributed by atoms with E-state index in [2.05, 4.69) is 15.3 Å². The first-order valence-electron chi connectivity index (χ1n) is 23.6. The van der Waals surface area contributed by atoms with Crippen molar-refractivity contribution < 1.29 is 67.0 Å². The molecule has 2 aliphatic heterocycles. The zero-order valence-corrected chi connectivity index (χ0v) is 41.4. The van der Waals surface area contributed by atoms with Crippen molar-refractivity contribution in [3.05, 3.63) is 102 Å². The fourth-order valence-corrected chi connectivity index (χ4v) is 8.86. The predicted molar refractivity (Wildman–Crippen MR) is 258 cm³/mol. The number of methoxy groups -OCH3 is 1. The number of nitrogens with one attached hydrogen (secondary N) is 1. The number of allylic oxidation sites excluding steroid dienone is 2. The number of amides is 3. The van der Waals surface area contributed by atoms with Gasteiger partial charge in [0.05, 0.1) is 81.3 Å². The summed E-state index contributed by atoms with van der Waals surface area (Å²) < 4.78 is 40.9. The number of aromatic nitrogens is 3. The number of Topliss-reactive ketones (excluding diaryl/α,β-unsaturated/α-hetero) is 1. The van der Waals surface area contributed by atoms with Gasteiger partial charge in [0, 0.05) is 79.0 Å². The quantitative estimate of drug-likeness (QED) is 0.0309. The van der Waals surface area contributed by atoms with E-state index in [1.54, 1.807) is 42.7 Å². The third-order valence-electron chi connectivity index (χ3n) is 12.9. The summed E-state index contributed by atoms with van der Waals surface area (Å²) in [5, 5.41) is 18.1. The summed E-state index contributed by atoms with van der Waals surface area (Å²) in [5.41, 5.74) is 10.1. The Morgan fingerprint density at radius 2 is 1.66 bits per heavy atom. The van der Waals surface area contributed by atoms with Gasteiger partial charge in [-0.2, -0.15) is 0 Å². The van der Waals surface area contributed by atoms with Crippen LogP contribution < -0.4 is 15.6 Å². The molecule has 388 valence electrons. The van der Waals surface area contributed by atoms with Crippen LogP contribution in [0.15, 0.2) is 46.0 Å². The van der Waals surface area contributed by atoms with E-state index in [1.165, 1.54) is 35.6 Å². The summed E-state index contributed by atoms with van der Waals surface area (Å²) in [7, 11) is 4.21. The molecular weight excluding hydrogens is 955 g/mol. The third kappa shape index (κ3) is 11.1. The number of hydrogen-bond donors (Lipinski definition) is 2. The molecule has 3 amide bonds. The van der Waals surface area contributed by atoms with E-state index in [-0.39, 0.29) is 111 Å². The number of carbonyl (C=O) groups is 6. The van der Waals surface area contributed by atoms with Crippen molar-refractivity contribution in [2.24, 2.45) is 5.11 Å². The lowest BCUT2D eigenvalue weighted by atomic mass is 9.86. The van der Waals surface area contributed by atoms with E-state index in [9.17, 15) is 38.7 Å². The molecule has 5 heterocycles. The summed E-state index contributed by atoms with van der Waals surface area (Å²) in [6.45, 7) is 6.53. The van der Waals surface area contributed by atoms with Gasteiger partial charge < -0.3 is 62.5 Å². The smallest absolute Gasteiger partial charge is 0.415 e. The van der Waals surface area contributed by atoms with Crippen molar-refractivity contribution >= 4 is 46.5 Å². The summed E-state index contributed by atoms with van der Waals surface area (Å²) in [4.78, 5) is 103. The molecule has 0 radical (unpaired) electrons. The van der Waals surface area contributed by atoms with Crippen molar-refractivity contribution in [3.63, 3.8) is 0 Å². The lowest BCUT2D eigenvalue weighted by molar-refractivity contribution is -0.172. The number of ketones is 2. The van der Waals surface area contributed by atoms with Gasteiger partial charge in [0.25, 0.3) is 5.56 Å². The highest BCUT2D eigenvalue weighted by atomic mass is 16.6. The average molecular weight is 1010 g/mol. The molecule has 2 N–H and O–H groups in total. The molecule has 24 heteroatoms. The molecule has 0 spiro atoms. The number of hydrogen-bond acceptors (Lipinski definition) is 17. The maximum atomic E-state index is 13.7. The molecule has 0 unspecified atom stereocenters. The van der Waals surface area contributed by atoms with E-state index >= 15 is 0 Å². The summed E-state index contributed by atoms with van der Waals surface area (Å²) in [6.07, 6.45) is 0.104. The second-order valence-electron chi connectivity index (χ2n) is 17.2. The molecular formula is C49H57N9O15. The number of esters is 1. The van der Waals surface area contributed by atoms with Crippen molar-refractivity contribution in [1.82, 2.24) is 29.2 Å². The van der Waals surface area contributed by atoms with Gasteiger partial charge in [-0.3, -0.25) is 19.2 Å². The number of pyridine rings is 2. The minimum absolute atomic E-state index is 0.0106. The van der Waals surface area contributed by atoms with E-state index in [0.717, 1.165) is 17.2 Å². The number of azide groups is 1. The lowest BCUT2D eigenvalue weighted by Crippen LogP contribution is -2.44. The van der Waals surface area contributed by atoms with E-state index in [4.69, 9.17) is 43.7 Å². The number of likely N-dealkylation sites (N-methyl/N-ethyl adjacent to an activating group) is 2. The van der Waals surface area contributed by atoms with Crippen molar-refractivity contribution in [3.8, 4) is 17.1 Å². The van der Waals surface area contributed by atoms with E-state index in [1.807, 2.05) is 6.92 Å². The number of rotatable bonds is 23. The van der Waals surface area contributed by atoms with E-state index < -0.39 is 47.8 Å². The molecule has 3 aliphatic rings. The van der Waals surface area contributed by atoms with Gasteiger partial charge in [0.2, 0.25) is 17.5 Å². The van der Waals surface area contributed by atoms with E-state index in [0.29, 0.717) is 60.8 Å². The SMILES string of the molecule is CCc1c2c(nc3ccc(OC(=O)N(C)CCN(C)C(=O)OCc4c5c(n(CC(=O)NCCOCCOCCOCCN=[N+]=[N-])c4C)C(=O)C=C(OC)C5=O)cc13)-c1cc3c(c(=O)n1C2)COC(=O)[C@]3(O)CC. The van der Waals surface area contributed by atoms with Crippen LogP contribution in [0.25, 0.3) is 32.7 Å². The number of cyclic esters (lactones) is 1. The lowest BCUT2D eigenvalue weighted by Gasteiger charge is -2.31. The zero-order valence-electron chi connectivity index (χ0n) is 41.4. The molecule has 73 heavy (non-hydrogen) atoms. The molecule has 24 nitrogen and oxygen atoms in total. The highest BCUT2D eigenvalue weighted by Crippen LogP contribution is 2.41. The Bertz CT molecular complexity index is 2990. The molecule has 0 fully saturated rings. The first-order valence-corrected chi connectivity index (χ1v) is 23.6. The number of aryl methyl sites for hydroxylation is 1. The number of carbonyl (C=O) groups excluding carboxylic acids is 6. The number of nitrogens with zero attached hydrogens (tertiary/aromatic N) is 8. The Morgan fingerprint density at radius 1 is 0.959 bits per heavy atom. The van der Waals surface area contributed by atoms with Crippen molar-refractivity contribution in [1.29, 1.82) is 0 Å². The van der Waals surface area contributed by atoms with Crippen LogP contribution in [0.2, 0.25) is 0 Å². The standard InChI is InChI=1S/C49H57N9O15/c1-7-30-31-21-29(9-10-36(31)53-42-32(30)24-58-37(42)22-35-34(45(58)62)27-71-46(63)49(35,66)8-2)73-48(65)56(5)14-13-55(4)47(64)72-26-33-28(3)57(43-38(59)23-39(67-6)44(61)41(33)43)25-40(60)51-11-15-68-17-19-70-20-18-69-16-12-52-54-50/h9-10,21-23,66H,7-8,11-20,24-27H2,1-6H3,(H,51,60)/t49-/m0/s1. The van der Waals surface area contributed by atoms with Crippen LogP contribution in [0, 0.1) is 6.92 Å². The van der Waals surface area contributed by atoms with Crippen LogP contribution in [-0.2, 0) is 76.3 Å². The Morgan fingerprint density at radius 3 is 2.34 bits per heavy atom. The van der Waals surface area contributed by atoms with Gasteiger partial charge in [-0.15, -0.1) is 0 Å². The van der Waals surface area contributed by atoms with Gasteiger partial charge in [0.15, 0.2) is 11.4 Å². The highest BCUT2D eigenvalue weighted by molar-refractivity contribution is 6.24. The molecule has 1 aliphatic carbocycles. The second kappa shape index (κ2) is 23.3. The summed E-state index contributed by atoms with van der Waals surface area (Å²) in [5.74, 6) is -2.44. The zero-order chi connectivity index (χ0) is 52.6. The molecule has 7 rings (SSSR count). The van der Waals surface area contributed by atoms with Crippen LogP contribution in [0.4, 0.5) is 9.59 Å². The molecule has 1 atom stereocenters. The number of benzene rings is 1. The highest BCUT2D eigenvalue weighted by Gasteiger charge is 2.45. The van der Waals surface area contributed by atoms with Gasteiger partial charge >= 0.3 is 18.2 Å². The fourth-order valence-electron chi connectivity index (χ4n) is 8.86. The maximum Gasteiger partial charge on any atom is 0.415 e. The van der Waals surface area contributed by atoms with Gasteiger partial charge in [-0.25, -0.2) is 19.4 Å². The Balaban J connectivity index is 0.931. The van der Waals surface area contributed by atoms with Gasteiger partial charge in [-0.05, 0) is 55.1 Å². The van der Waals surface area contributed by atoms with Gasteiger partial charge in [-0.1, -0.05) is 19.0 Å². The van der Waals surface area contributed by atoms with Crippen LogP contribution in [0.5, 0.6) is 5.75 Å². The maximum absolute atomic E-state index is 13.7. The van der Waals surface area contributed by atoms with Crippen LogP contribution in [0.1, 0.15) is 74.6 Å². The molecule has 1 aromatic carbocycles. The molecule has 3 aromatic heterocycles. The van der Waals surface area contributed by atoms with Crippen molar-refractivity contribution in [2.45, 2.75) is 65.5 Å². The Kier molecular flexibility index (Phi) is 17.0. The normalized spacial score (nSPS) is 15.3. The van der Waals surface area contributed by atoms with Crippen molar-refractivity contribution in [2.75, 3.05) is 87.0 Å². The number of fused-ring (bicyclic) bond motifs is 6. The van der Waals surface area contributed by atoms with Crippen LogP contribution >= 0.6 is 0 Å². The largest absolute Gasteiger partial charge is 0.492 e. The molecule has 4 aromatic rings. The summed E-state index contributed by atoms with van der Waals surface area (Å²) in [6, 6.07) is 6.66. The van der Waals surface area contributed by atoms with Gasteiger partial charge in [0.1, 0.15) is 31.2 Å². The second-order valence-corrected chi connectivity index (χ2v) is 17.2. The predicted octanol–water partition coefficient (Wildman–Crippen LogP) is 3.84. The minimum Gasteiger partial charge on any atom is -0.492 e. The first-order chi connectivity index (χ1) is 35.1. The fraction of sp³-hybridized carbons (Fsp3) is 0.469.